The van der Waals surface area contributed by atoms with Crippen molar-refractivity contribution in [2.75, 3.05) is 7.11 Å². The van der Waals surface area contributed by atoms with E-state index in [1.807, 2.05) is 72.8 Å². The second-order valence-corrected chi connectivity index (χ2v) is 6.03. The van der Waals surface area contributed by atoms with E-state index >= 15 is 0 Å². The number of benzene rings is 3. The number of hydrogen-bond acceptors (Lipinski definition) is 2. The molecule has 0 heterocycles. The van der Waals surface area contributed by atoms with Crippen LogP contribution in [0.15, 0.2) is 77.3 Å². The minimum absolute atomic E-state index is 0.00571. The molecule has 0 N–H and O–H groups in total. The first-order valence-electron chi connectivity index (χ1n) is 7.23. The highest BCUT2D eigenvalue weighted by Gasteiger charge is 2.15. The zero-order valence-corrected chi connectivity index (χ0v) is 14.2. The molecule has 0 unspecified atom stereocenters. The molecule has 0 bridgehead atoms. The molecule has 0 aliphatic carbocycles. The number of hydrogen-bond donors (Lipinski definition) is 0. The zero-order valence-electron chi connectivity index (χ0n) is 12.6. The van der Waals surface area contributed by atoms with Gasteiger partial charge in [0.25, 0.3) is 0 Å². The predicted molar refractivity (Wildman–Crippen MR) is 96.0 cm³/mol. The van der Waals surface area contributed by atoms with Crippen LogP contribution < -0.4 is 4.74 Å². The molecule has 2 nitrogen and oxygen atoms in total. The quantitative estimate of drug-likeness (QED) is 0.581. The van der Waals surface area contributed by atoms with Crippen molar-refractivity contribution in [1.82, 2.24) is 0 Å². The number of carbonyl (C=O) groups is 1. The molecule has 0 amide bonds. The molecule has 0 atom stereocenters. The summed E-state index contributed by atoms with van der Waals surface area (Å²) in [5.41, 5.74) is 3.19. The lowest BCUT2D eigenvalue weighted by molar-refractivity contribution is 0.103. The van der Waals surface area contributed by atoms with Crippen LogP contribution in [0.4, 0.5) is 0 Å². The van der Waals surface area contributed by atoms with Gasteiger partial charge < -0.3 is 4.74 Å². The van der Waals surface area contributed by atoms with Crippen LogP contribution in [0.25, 0.3) is 11.1 Å². The van der Waals surface area contributed by atoms with Gasteiger partial charge in [-0.3, -0.25) is 4.79 Å². The fourth-order valence-corrected chi connectivity index (χ4v) is 2.73. The van der Waals surface area contributed by atoms with E-state index < -0.39 is 0 Å². The molecule has 3 aromatic carbocycles. The van der Waals surface area contributed by atoms with Crippen LogP contribution in [-0.2, 0) is 0 Å². The van der Waals surface area contributed by atoms with Gasteiger partial charge in [-0.1, -0.05) is 58.4 Å². The van der Waals surface area contributed by atoms with Crippen LogP contribution in [0.5, 0.6) is 5.75 Å². The van der Waals surface area contributed by atoms with Gasteiger partial charge in [0.05, 0.1) is 7.11 Å². The van der Waals surface area contributed by atoms with Crippen molar-refractivity contribution in [3.8, 4) is 16.9 Å². The SMILES string of the molecule is COc1ccc(C(=O)c2ccccc2)c(-c2ccc(Br)cc2)c1. The topological polar surface area (TPSA) is 26.3 Å². The van der Waals surface area contributed by atoms with Crippen LogP contribution in [0.2, 0.25) is 0 Å². The molecule has 3 aromatic rings. The van der Waals surface area contributed by atoms with Gasteiger partial charge in [0.2, 0.25) is 0 Å². The van der Waals surface area contributed by atoms with E-state index in [4.69, 9.17) is 4.74 Å². The lowest BCUT2D eigenvalue weighted by atomic mass is 9.94. The van der Waals surface area contributed by atoms with Crippen LogP contribution >= 0.6 is 15.9 Å². The molecule has 0 aliphatic rings. The molecule has 0 radical (unpaired) electrons. The normalized spacial score (nSPS) is 10.3. The minimum atomic E-state index is 0.00571. The van der Waals surface area contributed by atoms with Gasteiger partial charge in [-0.2, -0.15) is 0 Å². The Morgan fingerprint density at radius 2 is 1.61 bits per heavy atom. The summed E-state index contributed by atoms with van der Waals surface area (Å²) in [6, 6.07) is 22.8. The van der Waals surface area contributed by atoms with Gasteiger partial charge in [0.1, 0.15) is 5.75 Å². The molecule has 114 valence electrons. The third-order valence-corrected chi connectivity index (χ3v) is 4.19. The molecule has 3 rings (SSSR count). The number of ether oxygens (including phenoxy) is 1. The van der Waals surface area contributed by atoms with Crippen LogP contribution in [0.3, 0.4) is 0 Å². The Kier molecular flexibility index (Phi) is 4.58. The van der Waals surface area contributed by atoms with E-state index in [1.54, 1.807) is 7.11 Å². The molecule has 23 heavy (non-hydrogen) atoms. The van der Waals surface area contributed by atoms with E-state index in [1.165, 1.54) is 0 Å². The summed E-state index contributed by atoms with van der Waals surface area (Å²) in [5.74, 6) is 0.735. The Labute approximate surface area is 143 Å². The highest BCUT2D eigenvalue weighted by molar-refractivity contribution is 9.10. The van der Waals surface area contributed by atoms with Crippen molar-refractivity contribution in [2.24, 2.45) is 0 Å². The first-order chi connectivity index (χ1) is 11.2. The van der Waals surface area contributed by atoms with Crippen molar-refractivity contribution >= 4 is 21.7 Å². The van der Waals surface area contributed by atoms with Crippen LogP contribution in [0.1, 0.15) is 15.9 Å². The average Bonchev–Trinajstić information content (AvgIpc) is 2.62. The third kappa shape index (κ3) is 3.35. The average molecular weight is 367 g/mol. The van der Waals surface area contributed by atoms with E-state index in [0.29, 0.717) is 11.1 Å². The summed E-state index contributed by atoms with van der Waals surface area (Å²) < 4.78 is 6.32. The summed E-state index contributed by atoms with van der Waals surface area (Å²) in [6.45, 7) is 0. The Balaban J connectivity index is 2.13. The molecule has 3 heteroatoms. The van der Waals surface area contributed by atoms with Crippen molar-refractivity contribution < 1.29 is 9.53 Å². The van der Waals surface area contributed by atoms with Gasteiger partial charge in [0, 0.05) is 15.6 Å². The van der Waals surface area contributed by atoms with Crippen molar-refractivity contribution in [3.05, 3.63) is 88.4 Å². The molecule has 0 saturated heterocycles. The maximum atomic E-state index is 12.9. The Hall–Kier alpha value is -2.39. The van der Waals surface area contributed by atoms with E-state index in [9.17, 15) is 4.79 Å². The maximum Gasteiger partial charge on any atom is 0.193 e. The van der Waals surface area contributed by atoms with E-state index in [-0.39, 0.29) is 5.78 Å². The molecule has 0 saturated carbocycles. The Morgan fingerprint density at radius 1 is 0.913 bits per heavy atom. The largest absolute Gasteiger partial charge is 0.497 e. The monoisotopic (exact) mass is 366 g/mol. The molecular formula is C20H15BrO2. The molecule has 0 aliphatic heterocycles. The first-order valence-corrected chi connectivity index (χ1v) is 8.02. The van der Waals surface area contributed by atoms with E-state index in [0.717, 1.165) is 21.3 Å². The molecule has 0 fully saturated rings. The van der Waals surface area contributed by atoms with Gasteiger partial charge in [-0.05, 0) is 41.5 Å². The van der Waals surface area contributed by atoms with Crippen molar-refractivity contribution in [2.45, 2.75) is 0 Å². The van der Waals surface area contributed by atoms with E-state index in [2.05, 4.69) is 15.9 Å². The second-order valence-electron chi connectivity index (χ2n) is 5.11. The van der Waals surface area contributed by atoms with Gasteiger partial charge in [-0.25, -0.2) is 0 Å². The highest BCUT2D eigenvalue weighted by Crippen LogP contribution is 2.30. The molecule has 0 spiro atoms. The highest BCUT2D eigenvalue weighted by atomic mass is 79.9. The third-order valence-electron chi connectivity index (χ3n) is 3.66. The Bertz CT molecular complexity index is 824. The van der Waals surface area contributed by atoms with Gasteiger partial charge in [-0.15, -0.1) is 0 Å². The number of carbonyl (C=O) groups excluding carboxylic acids is 1. The Morgan fingerprint density at radius 3 is 2.26 bits per heavy atom. The maximum absolute atomic E-state index is 12.9. The summed E-state index contributed by atoms with van der Waals surface area (Å²) >= 11 is 3.44. The first kappa shape index (κ1) is 15.5. The number of rotatable bonds is 4. The lowest BCUT2D eigenvalue weighted by Gasteiger charge is -2.11. The molecular weight excluding hydrogens is 352 g/mol. The summed E-state index contributed by atoms with van der Waals surface area (Å²) in [4.78, 5) is 12.9. The zero-order chi connectivity index (χ0) is 16.2. The number of methoxy groups -OCH3 is 1. The van der Waals surface area contributed by atoms with Crippen LogP contribution in [-0.4, -0.2) is 12.9 Å². The number of ketones is 1. The summed E-state index contributed by atoms with van der Waals surface area (Å²) in [7, 11) is 1.62. The standard InChI is InChI=1S/C20H15BrO2/c1-23-17-11-12-18(20(22)15-5-3-2-4-6-15)19(13-17)14-7-9-16(21)10-8-14/h2-13H,1H3. The predicted octanol–water partition coefficient (Wildman–Crippen LogP) is 5.36. The van der Waals surface area contributed by atoms with Gasteiger partial charge >= 0.3 is 0 Å². The van der Waals surface area contributed by atoms with Crippen molar-refractivity contribution in [3.63, 3.8) is 0 Å². The lowest BCUT2D eigenvalue weighted by Crippen LogP contribution is -2.03. The number of halogens is 1. The molecule has 0 aromatic heterocycles. The summed E-state index contributed by atoms with van der Waals surface area (Å²) in [6.07, 6.45) is 0. The van der Waals surface area contributed by atoms with Crippen molar-refractivity contribution in [1.29, 1.82) is 0 Å². The van der Waals surface area contributed by atoms with Gasteiger partial charge in [0.15, 0.2) is 5.78 Å². The second kappa shape index (κ2) is 6.80. The minimum Gasteiger partial charge on any atom is -0.497 e. The van der Waals surface area contributed by atoms with Crippen LogP contribution in [0, 0.1) is 0 Å². The summed E-state index contributed by atoms with van der Waals surface area (Å²) in [5, 5.41) is 0. The fraction of sp³-hybridized carbons (Fsp3) is 0.0500. The fourth-order valence-electron chi connectivity index (χ4n) is 2.46. The smallest absolute Gasteiger partial charge is 0.193 e.